The average molecular weight is 364 g/mol. The monoisotopic (exact) mass is 364 g/mol. The molecule has 27 heavy (non-hydrogen) atoms. The van der Waals surface area contributed by atoms with Gasteiger partial charge in [0.2, 0.25) is 0 Å². The summed E-state index contributed by atoms with van der Waals surface area (Å²) < 4.78 is 21.3. The fourth-order valence-electron chi connectivity index (χ4n) is 3.64. The zero-order valence-electron chi connectivity index (χ0n) is 15.1. The van der Waals surface area contributed by atoms with Crippen molar-refractivity contribution in [1.82, 2.24) is 9.47 Å². The summed E-state index contributed by atoms with van der Waals surface area (Å²) in [4.78, 5) is 15.1. The third-order valence-corrected chi connectivity index (χ3v) is 4.89. The van der Waals surface area contributed by atoms with E-state index in [1.165, 1.54) is 12.1 Å². The number of halogens is 1. The van der Waals surface area contributed by atoms with Gasteiger partial charge in [0.05, 0.1) is 6.04 Å². The van der Waals surface area contributed by atoms with Gasteiger partial charge in [-0.05, 0) is 36.8 Å². The lowest BCUT2D eigenvalue weighted by Gasteiger charge is -2.38. The predicted octanol–water partition coefficient (Wildman–Crippen LogP) is 4.03. The predicted molar refractivity (Wildman–Crippen MR) is 101 cm³/mol. The number of hydrogen-bond acceptors (Lipinski definition) is 2. The molecule has 4 nitrogen and oxygen atoms in total. The molecule has 1 amide bonds. The van der Waals surface area contributed by atoms with E-state index in [1.54, 1.807) is 19.1 Å². The maximum absolute atomic E-state index is 13.4. The first-order valence-corrected chi connectivity index (χ1v) is 9.06. The number of hydrogen-bond donors (Lipinski definition) is 0. The fourth-order valence-corrected chi connectivity index (χ4v) is 3.64. The Morgan fingerprint density at radius 3 is 2.67 bits per heavy atom. The van der Waals surface area contributed by atoms with Gasteiger partial charge in [0, 0.05) is 31.0 Å². The molecular weight excluding hydrogens is 343 g/mol. The summed E-state index contributed by atoms with van der Waals surface area (Å²) in [5, 5.41) is 0. The zero-order chi connectivity index (χ0) is 18.8. The second-order valence-corrected chi connectivity index (χ2v) is 6.69. The first-order chi connectivity index (χ1) is 13.1. The van der Waals surface area contributed by atoms with Gasteiger partial charge in [0.15, 0.2) is 6.10 Å². The summed E-state index contributed by atoms with van der Waals surface area (Å²) in [6, 6.07) is 19.8. The van der Waals surface area contributed by atoms with E-state index in [4.69, 9.17) is 4.74 Å². The van der Waals surface area contributed by atoms with Gasteiger partial charge < -0.3 is 14.2 Å². The van der Waals surface area contributed by atoms with Gasteiger partial charge in [-0.1, -0.05) is 36.4 Å². The van der Waals surface area contributed by atoms with Crippen LogP contribution in [0.15, 0.2) is 72.9 Å². The minimum atomic E-state index is -0.709. The molecule has 5 heteroatoms. The van der Waals surface area contributed by atoms with Crippen molar-refractivity contribution >= 4 is 5.91 Å². The molecule has 1 aromatic heterocycles. The number of aromatic nitrogens is 1. The van der Waals surface area contributed by atoms with E-state index in [-0.39, 0.29) is 17.8 Å². The first kappa shape index (κ1) is 17.3. The molecule has 0 spiro atoms. The maximum atomic E-state index is 13.4. The fraction of sp³-hybridized carbons (Fsp3) is 0.227. The highest BCUT2D eigenvalue weighted by Crippen LogP contribution is 2.33. The van der Waals surface area contributed by atoms with Crippen LogP contribution in [0.25, 0.3) is 0 Å². The Hall–Kier alpha value is -3.08. The Bertz CT molecular complexity index is 938. The van der Waals surface area contributed by atoms with Crippen molar-refractivity contribution in [3.8, 4) is 5.75 Å². The quantitative estimate of drug-likeness (QED) is 0.701. The number of carbonyl (C=O) groups is 1. The number of benzene rings is 2. The second-order valence-electron chi connectivity index (χ2n) is 6.69. The Morgan fingerprint density at radius 1 is 1.07 bits per heavy atom. The Balaban J connectivity index is 1.62. The van der Waals surface area contributed by atoms with E-state index in [0.717, 1.165) is 17.8 Å². The number of ether oxygens (including phenoxy) is 1. The molecule has 0 aliphatic carbocycles. The van der Waals surface area contributed by atoms with E-state index in [0.29, 0.717) is 12.3 Å². The highest BCUT2D eigenvalue weighted by molar-refractivity contribution is 5.82. The van der Waals surface area contributed by atoms with Crippen molar-refractivity contribution in [2.45, 2.75) is 25.6 Å². The molecule has 0 saturated heterocycles. The van der Waals surface area contributed by atoms with Gasteiger partial charge in [0.1, 0.15) is 11.6 Å². The van der Waals surface area contributed by atoms with Gasteiger partial charge in [-0.2, -0.15) is 0 Å². The Morgan fingerprint density at radius 2 is 1.89 bits per heavy atom. The van der Waals surface area contributed by atoms with Crippen LogP contribution in [-0.4, -0.2) is 28.0 Å². The van der Waals surface area contributed by atoms with Gasteiger partial charge in [-0.25, -0.2) is 4.39 Å². The summed E-state index contributed by atoms with van der Waals surface area (Å²) in [6.45, 7) is 3.05. The molecule has 0 fully saturated rings. The standard InChI is InChI=1S/C22H21FN2O2/c1-16(27-19-10-5-9-18(23)15-19)22(26)25-14-13-24-12-6-11-20(24)21(25)17-7-3-2-4-8-17/h2-12,15-16,21H,13-14H2,1H3. The third-order valence-electron chi connectivity index (χ3n) is 4.89. The molecule has 138 valence electrons. The first-order valence-electron chi connectivity index (χ1n) is 9.06. The number of amides is 1. The summed E-state index contributed by atoms with van der Waals surface area (Å²) in [5.74, 6) is -0.141. The van der Waals surface area contributed by atoms with Gasteiger partial charge >= 0.3 is 0 Å². The van der Waals surface area contributed by atoms with Crippen molar-refractivity contribution in [3.63, 3.8) is 0 Å². The molecule has 2 aromatic carbocycles. The van der Waals surface area contributed by atoms with Gasteiger partial charge in [0.25, 0.3) is 5.91 Å². The van der Waals surface area contributed by atoms with Crippen LogP contribution < -0.4 is 4.74 Å². The number of fused-ring (bicyclic) bond motifs is 1. The summed E-state index contributed by atoms with van der Waals surface area (Å²) >= 11 is 0. The molecule has 1 aliphatic rings. The van der Waals surface area contributed by atoms with E-state index in [2.05, 4.69) is 10.6 Å². The Labute approximate surface area is 157 Å². The van der Waals surface area contributed by atoms with Crippen LogP contribution in [0.3, 0.4) is 0 Å². The van der Waals surface area contributed by atoms with Crippen molar-refractivity contribution in [2.24, 2.45) is 0 Å². The van der Waals surface area contributed by atoms with E-state index >= 15 is 0 Å². The van der Waals surface area contributed by atoms with Gasteiger partial charge in [-0.3, -0.25) is 4.79 Å². The lowest BCUT2D eigenvalue weighted by molar-refractivity contribution is -0.140. The SMILES string of the molecule is CC(Oc1cccc(F)c1)C(=O)N1CCn2cccc2C1c1ccccc1. The summed E-state index contributed by atoms with van der Waals surface area (Å²) in [5.41, 5.74) is 2.14. The highest BCUT2D eigenvalue weighted by Gasteiger charge is 2.34. The molecule has 2 atom stereocenters. The molecule has 2 unspecified atom stereocenters. The smallest absolute Gasteiger partial charge is 0.264 e. The lowest BCUT2D eigenvalue weighted by atomic mass is 9.99. The van der Waals surface area contributed by atoms with Crippen LogP contribution >= 0.6 is 0 Å². The van der Waals surface area contributed by atoms with Crippen molar-refractivity contribution < 1.29 is 13.9 Å². The normalized spacial score (nSPS) is 17.3. The van der Waals surface area contributed by atoms with Crippen LogP contribution in [-0.2, 0) is 11.3 Å². The molecule has 0 saturated carbocycles. The molecule has 1 aliphatic heterocycles. The maximum Gasteiger partial charge on any atom is 0.264 e. The van der Waals surface area contributed by atoms with Crippen LogP contribution in [0.2, 0.25) is 0 Å². The number of carbonyl (C=O) groups excluding carboxylic acids is 1. The molecular formula is C22H21FN2O2. The molecule has 0 radical (unpaired) electrons. The molecule has 2 heterocycles. The van der Waals surface area contributed by atoms with Crippen molar-refractivity contribution in [3.05, 3.63) is 90.0 Å². The topological polar surface area (TPSA) is 34.5 Å². The average Bonchev–Trinajstić information content (AvgIpc) is 3.16. The summed E-state index contributed by atoms with van der Waals surface area (Å²) in [6.07, 6.45) is 1.33. The van der Waals surface area contributed by atoms with Crippen molar-refractivity contribution in [1.29, 1.82) is 0 Å². The van der Waals surface area contributed by atoms with Crippen molar-refractivity contribution in [2.75, 3.05) is 6.54 Å². The van der Waals surface area contributed by atoms with Crippen LogP contribution in [0.4, 0.5) is 4.39 Å². The van der Waals surface area contributed by atoms with E-state index in [1.807, 2.05) is 47.5 Å². The zero-order valence-corrected chi connectivity index (χ0v) is 15.1. The molecule has 0 bridgehead atoms. The molecule has 3 aromatic rings. The second kappa shape index (κ2) is 7.27. The molecule has 0 N–H and O–H groups in total. The number of rotatable bonds is 4. The largest absolute Gasteiger partial charge is 0.481 e. The minimum absolute atomic E-state index is 0.111. The van der Waals surface area contributed by atoms with Crippen LogP contribution in [0, 0.1) is 5.82 Å². The molecule has 4 rings (SSSR count). The Kier molecular flexibility index (Phi) is 4.67. The minimum Gasteiger partial charge on any atom is -0.481 e. The van der Waals surface area contributed by atoms with Gasteiger partial charge in [-0.15, -0.1) is 0 Å². The highest BCUT2D eigenvalue weighted by atomic mass is 19.1. The van der Waals surface area contributed by atoms with Crippen LogP contribution in [0.5, 0.6) is 5.75 Å². The van der Waals surface area contributed by atoms with E-state index in [9.17, 15) is 9.18 Å². The lowest BCUT2D eigenvalue weighted by Crippen LogP contribution is -2.47. The van der Waals surface area contributed by atoms with Crippen LogP contribution in [0.1, 0.15) is 24.2 Å². The third kappa shape index (κ3) is 3.45. The number of nitrogens with zero attached hydrogens (tertiary/aromatic N) is 2. The van der Waals surface area contributed by atoms with E-state index < -0.39 is 6.10 Å². The summed E-state index contributed by atoms with van der Waals surface area (Å²) in [7, 11) is 0.